The lowest BCUT2D eigenvalue weighted by molar-refractivity contribution is -0.144. The second kappa shape index (κ2) is 9.84. The van der Waals surface area contributed by atoms with Gasteiger partial charge in [-0.25, -0.2) is 4.79 Å². The van der Waals surface area contributed by atoms with Crippen LogP contribution in [0.15, 0.2) is 57.6 Å². The van der Waals surface area contributed by atoms with Crippen molar-refractivity contribution in [3.05, 3.63) is 64.5 Å². The highest BCUT2D eigenvalue weighted by molar-refractivity contribution is 9.10. The number of amides is 1. The van der Waals surface area contributed by atoms with Crippen molar-refractivity contribution in [3.8, 4) is 0 Å². The summed E-state index contributed by atoms with van der Waals surface area (Å²) in [7, 11) is 0. The van der Waals surface area contributed by atoms with Gasteiger partial charge < -0.3 is 14.5 Å². The fourth-order valence-electron chi connectivity index (χ4n) is 2.17. The quantitative estimate of drug-likeness (QED) is 0.536. The summed E-state index contributed by atoms with van der Waals surface area (Å²) in [5.41, 5.74) is 1.23. The number of hydrogen-bond acceptors (Lipinski definition) is 4. The molecule has 1 heterocycles. The lowest BCUT2D eigenvalue weighted by atomic mass is 10.1. The van der Waals surface area contributed by atoms with E-state index < -0.39 is 5.97 Å². The SMILES string of the molecule is C[C@@H](CCc1ccccc1)NC(=O)COC(=O)/C=C/c1ccc(Br)o1. The summed E-state index contributed by atoms with van der Waals surface area (Å²) in [6.45, 7) is 1.62. The number of nitrogens with one attached hydrogen (secondary N) is 1. The number of carbonyl (C=O) groups is 2. The molecule has 1 N–H and O–H groups in total. The van der Waals surface area contributed by atoms with Crippen molar-refractivity contribution in [2.24, 2.45) is 0 Å². The summed E-state index contributed by atoms with van der Waals surface area (Å²) in [5, 5.41) is 2.82. The number of carbonyl (C=O) groups excluding carboxylic acids is 2. The molecule has 1 aromatic carbocycles. The van der Waals surface area contributed by atoms with Crippen molar-refractivity contribution in [3.63, 3.8) is 0 Å². The first-order valence-corrected chi connectivity index (χ1v) is 8.75. The topological polar surface area (TPSA) is 68.5 Å². The molecule has 0 aliphatic heterocycles. The molecule has 132 valence electrons. The predicted octanol–water partition coefficient (Wildman–Crippen LogP) is 3.74. The van der Waals surface area contributed by atoms with E-state index in [2.05, 4.69) is 33.4 Å². The van der Waals surface area contributed by atoms with Crippen LogP contribution >= 0.6 is 15.9 Å². The summed E-state index contributed by atoms with van der Waals surface area (Å²) >= 11 is 3.17. The molecule has 0 radical (unpaired) electrons. The average molecular weight is 406 g/mol. The molecule has 0 saturated carbocycles. The van der Waals surface area contributed by atoms with E-state index in [9.17, 15) is 9.59 Å². The van der Waals surface area contributed by atoms with Gasteiger partial charge >= 0.3 is 5.97 Å². The Morgan fingerprint density at radius 1 is 1.24 bits per heavy atom. The minimum absolute atomic E-state index is 0.00224. The van der Waals surface area contributed by atoms with Crippen LogP contribution in [-0.2, 0) is 20.7 Å². The van der Waals surface area contributed by atoms with Crippen LogP contribution < -0.4 is 5.32 Å². The number of rotatable bonds is 8. The number of furan rings is 1. The Morgan fingerprint density at radius 3 is 2.68 bits per heavy atom. The second-order valence-corrected chi connectivity index (χ2v) is 6.36. The molecule has 5 nitrogen and oxygen atoms in total. The Morgan fingerprint density at radius 2 is 2.00 bits per heavy atom. The van der Waals surface area contributed by atoms with Gasteiger partial charge in [-0.2, -0.15) is 0 Å². The molecule has 0 unspecified atom stereocenters. The third-order valence-corrected chi connectivity index (χ3v) is 3.87. The standard InChI is InChI=1S/C19H20BrNO4/c1-14(7-8-15-5-3-2-4-6-15)21-18(22)13-24-19(23)12-10-16-9-11-17(20)25-16/h2-6,9-12,14H,7-8,13H2,1H3,(H,21,22)/b12-10+/t14-/m0/s1. The first-order valence-electron chi connectivity index (χ1n) is 7.96. The van der Waals surface area contributed by atoms with E-state index in [0.717, 1.165) is 12.8 Å². The van der Waals surface area contributed by atoms with Gasteiger partial charge in [0.2, 0.25) is 0 Å². The van der Waals surface area contributed by atoms with Crippen LogP contribution in [0.2, 0.25) is 0 Å². The minimum Gasteiger partial charge on any atom is -0.452 e. The summed E-state index contributed by atoms with van der Waals surface area (Å²) < 4.78 is 10.7. The molecule has 2 aromatic rings. The highest BCUT2D eigenvalue weighted by Crippen LogP contribution is 2.15. The molecule has 0 saturated heterocycles. The number of esters is 1. The number of hydrogen-bond donors (Lipinski definition) is 1. The molecule has 1 aromatic heterocycles. The van der Waals surface area contributed by atoms with Gasteiger partial charge in [0.05, 0.1) is 0 Å². The van der Waals surface area contributed by atoms with Crippen LogP contribution in [0.25, 0.3) is 6.08 Å². The zero-order chi connectivity index (χ0) is 18.1. The van der Waals surface area contributed by atoms with E-state index in [4.69, 9.17) is 9.15 Å². The molecule has 0 spiro atoms. The van der Waals surface area contributed by atoms with E-state index in [1.165, 1.54) is 17.7 Å². The Hall–Kier alpha value is -2.34. The summed E-state index contributed by atoms with van der Waals surface area (Å²) in [4.78, 5) is 23.4. The molecule has 6 heteroatoms. The second-order valence-electron chi connectivity index (χ2n) is 5.58. The number of halogens is 1. The normalized spacial score (nSPS) is 12.1. The third-order valence-electron chi connectivity index (χ3n) is 3.44. The minimum atomic E-state index is -0.598. The summed E-state index contributed by atoms with van der Waals surface area (Å²) in [6.07, 6.45) is 4.39. The van der Waals surface area contributed by atoms with Crippen molar-refractivity contribution >= 4 is 33.9 Å². The molecular weight excluding hydrogens is 386 g/mol. The summed E-state index contributed by atoms with van der Waals surface area (Å²) in [6, 6.07) is 13.5. The smallest absolute Gasteiger partial charge is 0.331 e. The van der Waals surface area contributed by atoms with E-state index in [1.54, 1.807) is 12.1 Å². The first-order chi connectivity index (χ1) is 12.0. The average Bonchev–Trinajstić information content (AvgIpc) is 3.02. The third kappa shape index (κ3) is 7.39. The van der Waals surface area contributed by atoms with Crippen LogP contribution in [0.3, 0.4) is 0 Å². The number of aryl methyl sites for hydroxylation is 1. The Labute approximate surface area is 155 Å². The number of benzene rings is 1. The van der Waals surface area contributed by atoms with Crippen LogP contribution in [0.5, 0.6) is 0 Å². The van der Waals surface area contributed by atoms with Gasteiger partial charge in [0, 0.05) is 12.1 Å². The Bertz CT molecular complexity index is 724. The van der Waals surface area contributed by atoms with Crippen LogP contribution in [0, 0.1) is 0 Å². The van der Waals surface area contributed by atoms with Gasteiger partial charge in [-0.15, -0.1) is 0 Å². The monoisotopic (exact) mass is 405 g/mol. The van der Waals surface area contributed by atoms with Crippen molar-refractivity contribution in [2.75, 3.05) is 6.61 Å². The molecular formula is C19H20BrNO4. The van der Waals surface area contributed by atoms with Crippen LogP contribution in [0.1, 0.15) is 24.7 Å². The zero-order valence-corrected chi connectivity index (χ0v) is 15.5. The van der Waals surface area contributed by atoms with Crippen molar-refractivity contribution in [1.82, 2.24) is 5.32 Å². The molecule has 0 bridgehead atoms. The van der Waals surface area contributed by atoms with Gasteiger partial charge in [0.15, 0.2) is 11.3 Å². The number of ether oxygens (including phenoxy) is 1. The largest absolute Gasteiger partial charge is 0.452 e. The van der Waals surface area contributed by atoms with Crippen molar-refractivity contribution in [1.29, 1.82) is 0 Å². The highest BCUT2D eigenvalue weighted by atomic mass is 79.9. The van der Waals surface area contributed by atoms with Gasteiger partial charge in [-0.3, -0.25) is 4.79 Å². The lowest BCUT2D eigenvalue weighted by Crippen LogP contribution is -2.36. The molecule has 0 aliphatic carbocycles. The first kappa shape index (κ1) is 19.0. The van der Waals surface area contributed by atoms with E-state index in [-0.39, 0.29) is 18.6 Å². The van der Waals surface area contributed by atoms with Crippen molar-refractivity contribution < 1.29 is 18.7 Å². The molecule has 25 heavy (non-hydrogen) atoms. The highest BCUT2D eigenvalue weighted by Gasteiger charge is 2.09. The lowest BCUT2D eigenvalue weighted by Gasteiger charge is -2.13. The molecule has 2 rings (SSSR count). The van der Waals surface area contributed by atoms with Gasteiger partial charge in [0.25, 0.3) is 5.91 Å². The van der Waals surface area contributed by atoms with E-state index in [1.807, 2.05) is 25.1 Å². The van der Waals surface area contributed by atoms with Crippen molar-refractivity contribution in [2.45, 2.75) is 25.8 Å². The fourth-order valence-corrected chi connectivity index (χ4v) is 2.49. The molecule has 0 aliphatic rings. The van der Waals surface area contributed by atoms with Crippen LogP contribution in [-0.4, -0.2) is 24.5 Å². The maximum absolute atomic E-state index is 11.8. The van der Waals surface area contributed by atoms with Crippen LogP contribution in [0.4, 0.5) is 0 Å². The zero-order valence-electron chi connectivity index (χ0n) is 13.9. The van der Waals surface area contributed by atoms with Gasteiger partial charge in [-0.05, 0) is 59.5 Å². The summed E-state index contributed by atoms with van der Waals surface area (Å²) in [5.74, 6) is -0.398. The maximum Gasteiger partial charge on any atom is 0.331 e. The molecule has 1 amide bonds. The maximum atomic E-state index is 11.8. The van der Waals surface area contributed by atoms with E-state index in [0.29, 0.717) is 10.4 Å². The molecule has 1 atom stereocenters. The predicted molar refractivity (Wildman–Crippen MR) is 98.8 cm³/mol. The van der Waals surface area contributed by atoms with Gasteiger partial charge in [0.1, 0.15) is 5.76 Å². The molecule has 0 fully saturated rings. The fraction of sp³-hybridized carbons (Fsp3) is 0.263. The Kier molecular flexibility index (Phi) is 7.47. The van der Waals surface area contributed by atoms with Gasteiger partial charge in [-0.1, -0.05) is 30.3 Å². The Balaban J connectivity index is 1.65. The van der Waals surface area contributed by atoms with E-state index >= 15 is 0 Å².